The molecule has 0 radical (unpaired) electrons. The summed E-state index contributed by atoms with van der Waals surface area (Å²) in [6.07, 6.45) is 0. The van der Waals surface area contributed by atoms with Crippen LogP contribution >= 0.6 is 0 Å². The van der Waals surface area contributed by atoms with Gasteiger partial charge in [-0.05, 0) is 0 Å². The van der Waals surface area contributed by atoms with Crippen LogP contribution in [0.4, 0.5) is 0 Å². The third-order valence-corrected chi connectivity index (χ3v) is 55.0. The van der Waals surface area contributed by atoms with E-state index in [-0.39, 0.29) is 59.3 Å². The third kappa shape index (κ3) is 10.1. The minimum atomic E-state index is -10.2. The van der Waals surface area contributed by atoms with E-state index in [1.165, 1.54) is 0 Å². The maximum atomic E-state index is 5.95. The molecule has 0 spiro atoms. The van der Waals surface area contributed by atoms with Gasteiger partial charge in [-0.25, -0.2) is 0 Å². The number of benzene rings is 11. The second kappa shape index (κ2) is 21.5. The number of allylic oxidation sites excluding steroid dienone is 11. The standard InChI is InChI=1S/11C9H9.Ni/c11*1-8(2)9-6-4-3-5-7-9;/h11*3-7H,1-2H2;. The first-order valence-electron chi connectivity index (χ1n) is 34.0. The van der Waals surface area contributed by atoms with Gasteiger partial charge in [0, 0.05) is 0 Å². The quantitative estimate of drug-likeness (QED) is 0.0360. The first-order chi connectivity index (χ1) is 47.8. The van der Waals surface area contributed by atoms with Gasteiger partial charge in [0.25, 0.3) is 0 Å². The fraction of sp³-hybridized carbons (Fsp3) is 0.111. The number of hydrogen-bond acceptors (Lipinski definition) is 0. The van der Waals surface area contributed by atoms with Crippen molar-refractivity contribution in [1.82, 2.24) is 0 Å². The van der Waals surface area contributed by atoms with E-state index < -0.39 is 5.20 Å². The second-order valence-corrected chi connectivity index (χ2v) is 62.6. The van der Waals surface area contributed by atoms with Crippen LogP contribution in [0.2, 0.25) is 59.3 Å². The van der Waals surface area contributed by atoms with Crippen molar-refractivity contribution >= 4 is 61.3 Å². The summed E-state index contributed by atoms with van der Waals surface area (Å²) in [6.45, 7) is 65.5. The molecule has 0 aliphatic rings. The summed E-state index contributed by atoms with van der Waals surface area (Å²) in [6, 6.07) is 120. The van der Waals surface area contributed by atoms with E-state index >= 15 is 0 Å². The molecule has 1 heteroatoms. The molecular formula is C99H99Ni. The summed E-state index contributed by atoms with van der Waals surface area (Å²) < 4.78 is 0. The molecule has 0 saturated heterocycles. The molecule has 0 saturated carbocycles. The average molecular weight is 1350 g/mol. The topological polar surface area (TPSA) is 0 Å². The van der Waals surface area contributed by atoms with Crippen LogP contribution in [0.3, 0.4) is 0 Å². The molecule has 505 valence electrons. The van der Waals surface area contributed by atoms with E-state index in [0.29, 0.717) is 0 Å². The summed E-state index contributed by atoms with van der Waals surface area (Å²) in [7, 11) is 0. The Balaban J connectivity index is 1.79. The molecule has 0 atom stereocenters. The Hall–Kier alpha value is -10.9. The zero-order valence-electron chi connectivity index (χ0n) is 58.6. The van der Waals surface area contributed by atoms with Crippen molar-refractivity contribution in [2.75, 3.05) is 0 Å². The predicted molar refractivity (Wildman–Crippen MR) is 443 cm³/mol. The summed E-state index contributed by atoms with van der Waals surface area (Å²) in [5.41, 5.74) is 19.6. The zero-order valence-corrected chi connectivity index (χ0v) is 59.6. The van der Waals surface area contributed by atoms with Gasteiger partial charge in [0.15, 0.2) is 0 Å². The fourth-order valence-corrected chi connectivity index (χ4v) is 62.6. The van der Waals surface area contributed by atoms with Crippen molar-refractivity contribution < 1.29 is 5.20 Å². The molecule has 0 aliphatic heterocycles. The van der Waals surface area contributed by atoms with Crippen molar-refractivity contribution in [3.8, 4) is 0 Å². The van der Waals surface area contributed by atoms with Gasteiger partial charge in [0.05, 0.1) is 0 Å². The first-order valence-corrected chi connectivity index (χ1v) is 41.7. The summed E-state index contributed by atoms with van der Waals surface area (Å²) in [5.74, 6) is 0. The molecule has 11 aromatic rings. The van der Waals surface area contributed by atoms with Gasteiger partial charge in [-0.1, -0.05) is 0 Å². The summed E-state index contributed by atoms with van der Waals surface area (Å²) in [4.78, 5) is 0. The van der Waals surface area contributed by atoms with Crippen LogP contribution in [-0.2, 0) is 5.20 Å². The van der Waals surface area contributed by atoms with Crippen LogP contribution in [0.25, 0.3) is 61.3 Å². The first kappa shape index (κ1) is 70.4. The van der Waals surface area contributed by atoms with Crippen LogP contribution in [0.15, 0.2) is 406 Å². The van der Waals surface area contributed by atoms with Gasteiger partial charge < -0.3 is 0 Å². The van der Waals surface area contributed by atoms with Crippen LogP contribution in [0, 0.1) is 0 Å². The molecule has 0 N–H and O–H groups in total. The van der Waals surface area contributed by atoms with Gasteiger partial charge in [0.1, 0.15) is 0 Å². The van der Waals surface area contributed by atoms with Gasteiger partial charge in [-0.2, -0.15) is 0 Å². The van der Waals surface area contributed by atoms with Gasteiger partial charge in [-0.3, -0.25) is 0 Å². The maximum absolute atomic E-state index is 10.2. The van der Waals surface area contributed by atoms with Crippen molar-refractivity contribution in [1.29, 1.82) is 0 Å². The Morgan fingerprint density at radius 1 is 0.130 bits per heavy atom. The Morgan fingerprint density at radius 3 is 0.270 bits per heavy atom. The van der Waals surface area contributed by atoms with Crippen LogP contribution in [0.1, 0.15) is 61.2 Å². The molecule has 0 nitrogen and oxygen atoms in total. The molecule has 0 heterocycles. The van der Waals surface area contributed by atoms with E-state index in [9.17, 15) is 0 Å². The SMILES string of the molecule is C=C([CH2][Ni]([CH2]C(=C)c1ccccc1)([CH2]C(=C)c1ccccc1)([CH2]C(=C)c1ccccc1)([CH2]C(=C)c1ccccc1)([CH2]C(=C)c1ccccc1)([CH2]C(=C)c1ccccc1)([CH2]C(=C)c1ccccc1)([CH2]C(=C)c1ccccc1)([CH2]C(=C)c1ccccc1)[CH2]C(=C)c1ccccc1)c1ccccc1. The molecular weight excluding hydrogens is 1250 g/mol. The molecule has 0 aliphatic carbocycles. The second-order valence-electron chi connectivity index (χ2n) is 31.6. The van der Waals surface area contributed by atoms with Crippen molar-refractivity contribution in [3.63, 3.8) is 0 Å². The molecule has 0 fully saturated rings. The van der Waals surface area contributed by atoms with Crippen molar-refractivity contribution in [3.05, 3.63) is 467 Å². The van der Waals surface area contributed by atoms with Gasteiger partial charge in [0.2, 0.25) is 0 Å². The van der Waals surface area contributed by atoms with Crippen LogP contribution < -0.4 is 0 Å². The zero-order chi connectivity index (χ0) is 70.7. The number of hydrogen-bond donors (Lipinski definition) is 0. The molecule has 100 heavy (non-hydrogen) atoms. The van der Waals surface area contributed by atoms with Crippen LogP contribution in [-0.4, -0.2) is 0 Å². The molecule has 0 unspecified atom stereocenters. The Kier molecular flexibility index (Phi) is 15.2. The third-order valence-electron chi connectivity index (χ3n) is 23.2. The summed E-state index contributed by atoms with van der Waals surface area (Å²) in [5, 5.41) is -8.90. The number of rotatable bonds is 33. The van der Waals surface area contributed by atoms with E-state index in [4.69, 9.17) is 72.4 Å². The predicted octanol–water partition coefficient (Wildman–Crippen LogP) is 29.3. The molecule has 0 amide bonds. The fourth-order valence-electron chi connectivity index (χ4n) is 20.8. The Morgan fingerprint density at radius 2 is 0.200 bits per heavy atom. The molecule has 0 bridgehead atoms. The monoisotopic (exact) mass is 1350 g/mol. The molecule has 11 rings (SSSR count). The van der Waals surface area contributed by atoms with E-state index in [1.54, 1.807) is 0 Å². The van der Waals surface area contributed by atoms with Crippen molar-refractivity contribution in [2.45, 2.75) is 59.3 Å². The van der Waals surface area contributed by atoms with Crippen LogP contribution in [0.5, 0.6) is 0 Å². The van der Waals surface area contributed by atoms with Crippen molar-refractivity contribution in [2.24, 2.45) is 0 Å². The van der Waals surface area contributed by atoms with E-state index in [2.05, 4.69) is 334 Å². The normalized spacial score (nSPS) is 14.7. The Bertz CT molecular complexity index is 4040. The minimum absolute atomic E-state index is 0.121. The molecule has 0 aromatic heterocycles. The van der Waals surface area contributed by atoms with E-state index in [1.807, 2.05) is 0 Å². The van der Waals surface area contributed by atoms with Gasteiger partial charge in [-0.15, -0.1) is 0 Å². The van der Waals surface area contributed by atoms with Gasteiger partial charge >= 0.3 is 593 Å². The molecule has 11 aromatic carbocycles. The average Bonchev–Trinajstić information content (AvgIpc) is 0.457. The Labute approximate surface area is 588 Å². The summed E-state index contributed by atoms with van der Waals surface area (Å²) >= 11 is 0. The van der Waals surface area contributed by atoms with E-state index in [0.717, 1.165) is 123 Å².